The van der Waals surface area contributed by atoms with Gasteiger partial charge in [0.25, 0.3) is 0 Å². The van der Waals surface area contributed by atoms with Gasteiger partial charge in [-0.1, -0.05) is 310 Å². The number of ether oxygens (including phenoxy) is 3. The minimum atomic E-state index is -0.784. The molecule has 0 aromatic rings. The lowest BCUT2D eigenvalue weighted by molar-refractivity contribution is -0.167. The largest absolute Gasteiger partial charge is 0.462 e. The first-order valence-electron chi connectivity index (χ1n) is 33.9. The molecule has 0 heterocycles. The van der Waals surface area contributed by atoms with Crippen molar-refractivity contribution in [1.29, 1.82) is 0 Å². The zero-order valence-corrected chi connectivity index (χ0v) is 52.6. The first-order valence-corrected chi connectivity index (χ1v) is 33.9. The number of hydrogen-bond acceptors (Lipinski definition) is 6. The number of rotatable bonds is 61. The molecule has 6 nitrogen and oxygen atoms in total. The molecule has 0 aliphatic rings. The topological polar surface area (TPSA) is 78.9 Å². The van der Waals surface area contributed by atoms with Crippen LogP contribution >= 0.6 is 0 Å². The van der Waals surface area contributed by atoms with Crippen LogP contribution in [0.3, 0.4) is 0 Å². The maximum Gasteiger partial charge on any atom is 0.306 e. The number of unbranched alkanes of at least 4 members (excludes halogenated alkanes) is 32. The summed E-state index contributed by atoms with van der Waals surface area (Å²) in [5.41, 5.74) is 0. The molecule has 0 bridgehead atoms. The van der Waals surface area contributed by atoms with Crippen molar-refractivity contribution in [2.24, 2.45) is 0 Å². The van der Waals surface area contributed by atoms with Crippen molar-refractivity contribution < 1.29 is 28.6 Å². The molecule has 0 N–H and O–H groups in total. The summed E-state index contributed by atoms with van der Waals surface area (Å²) in [6.45, 7) is 6.42. The molecule has 0 spiro atoms. The lowest BCUT2D eigenvalue weighted by Crippen LogP contribution is -2.30. The van der Waals surface area contributed by atoms with Gasteiger partial charge in [-0.2, -0.15) is 0 Å². The van der Waals surface area contributed by atoms with Crippen LogP contribution < -0.4 is 0 Å². The summed E-state index contributed by atoms with van der Waals surface area (Å²) in [7, 11) is 0. The molecular weight excluding hydrogens is 985 g/mol. The van der Waals surface area contributed by atoms with Crippen molar-refractivity contribution >= 4 is 17.9 Å². The fourth-order valence-corrected chi connectivity index (χ4v) is 9.52. The average Bonchev–Trinajstić information content (AvgIpc) is 3.46. The van der Waals surface area contributed by atoms with Crippen LogP contribution in [-0.4, -0.2) is 37.2 Å². The third-order valence-corrected chi connectivity index (χ3v) is 14.5. The third-order valence-electron chi connectivity index (χ3n) is 14.5. The zero-order valence-electron chi connectivity index (χ0n) is 52.6. The second-order valence-corrected chi connectivity index (χ2v) is 22.3. The van der Waals surface area contributed by atoms with Crippen molar-refractivity contribution in [1.82, 2.24) is 0 Å². The van der Waals surface area contributed by atoms with E-state index in [9.17, 15) is 14.4 Å². The molecule has 0 radical (unpaired) electrons. The van der Waals surface area contributed by atoms with Crippen molar-refractivity contribution in [3.8, 4) is 0 Å². The van der Waals surface area contributed by atoms with E-state index in [1.807, 2.05) is 0 Å². The Morgan fingerprint density at radius 3 is 0.762 bits per heavy atom. The Morgan fingerprint density at radius 1 is 0.263 bits per heavy atom. The van der Waals surface area contributed by atoms with Crippen LogP contribution in [0.25, 0.3) is 0 Å². The Labute approximate surface area is 495 Å². The molecule has 458 valence electrons. The summed E-state index contributed by atoms with van der Waals surface area (Å²) in [6.07, 6.45) is 92.6. The molecule has 0 fully saturated rings. The summed E-state index contributed by atoms with van der Waals surface area (Å²) in [4.78, 5) is 38.3. The lowest BCUT2D eigenvalue weighted by Gasteiger charge is -2.18. The number of hydrogen-bond donors (Lipinski definition) is 0. The lowest BCUT2D eigenvalue weighted by atomic mass is 10.0. The van der Waals surface area contributed by atoms with Crippen LogP contribution in [0.2, 0.25) is 0 Å². The van der Waals surface area contributed by atoms with Gasteiger partial charge in [-0.15, -0.1) is 0 Å². The maximum atomic E-state index is 12.9. The Kier molecular flexibility index (Phi) is 64.3. The molecule has 0 aromatic heterocycles. The minimum absolute atomic E-state index is 0.0802. The fraction of sp³-hybridized carbons (Fsp3) is 0.716. The van der Waals surface area contributed by atoms with E-state index in [-0.39, 0.29) is 31.1 Å². The van der Waals surface area contributed by atoms with Gasteiger partial charge in [0.05, 0.1) is 0 Å². The SMILES string of the molecule is CC/C=C\C/C=C\C/C=C\C/C=C\C/C=C\CCCCCCCCCCCCCCCCCCCC(=O)OCC(COC(=O)CCCCCCCCCCCC)OC(=O)CCCCCCCC/C=C\C/C=C\C/C=C\C/C=C\CC. The van der Waals surface area contributed by atoms with Crippen molar-refractivity contribution in [3.05, 3.63) is 109 Å². The maximum absolute atomic E-state index is 12.9. The van der Waals surface area contributed by atoms with Crippen LogP contribution in [0.1, 0.15) is 323 Å². The number of allylic oxidation sites excluding steroid dienone is 18. The minimum Gasteiger partial charge on any atom is -0.462 e. The van der Waals surface area contributed by atoms with E-state index in [0.717, 1.165) is 128 Å². The standard InChI is InChI=1S/C74H126O6/c1-4-7-10-13-16-19-22-24-26-28-30-31-32-33-34-35-36-37-38-39-40-41-42-43-45-46-48-50-52-55-58-61-64-67-73(76)79-70-71(69-78-72(75)66-63-60-57-54-21-18-15-12-9-6-3)80-74(77)68-65-62-59-56-53-51-49-47-44-29-27-25-23-20-17-14-11-8-5-2/h7-8,10-11,16-17,19-20,24-27,30-31,33-34,44,47,71H,4-6,9,12-15,18,21-23,28-29,32,35-43,45-46,48-70H2,1-3H3/b10-7-,11-8-,19-16-,20-17-,26-24-,27-25-,31-30-,34-33-,47-44-. The van der Waals surface area contributed by atoms with E-state index in [0.29, 0.717) is 19.3 Å². The smallest absolute Gasteiger partial charge is 0.306 e. The van der Waals surface area contributed by atoms with Gasteiger partial charge in [0.1, 0.15) is 13.2 Å². The quantitative estimate of drug-likeness (QED) is 0.0261. The van der Waals surface area contributed by atoms with Gasteiger partial charge in [-0.25, -0.2) is 0 Å². The van der Waals surface area contributed by atoms with Crippen molar-refractivity contribution in [2.45, 2.75) is 329 Å². The van der Waals surface area contributed by atoms with Gasteiger partial charge in [0, 0.05) is 19.3 Å². The van der Waals surface area contributed by atoms with Gasteiger partial charge in [-0.05, 0) is 103 Å². The number of carbonyl (C=O) groups excluding carboxylic acids is 3. The predicted octanol–water partition coefficient (Wildman–Crippen LogP) is 23.4. The van der Waals surface area contributed by atoms with E-state index in [4.69, 9.17) is 14.2 Å². The number of carbonyl (C=O) groups is 3. The Bertz CT molecular complexity index is 1610. The average molecular weight is 1110 g/mol. The molecule has 0 amide bonds. The highest BCUT2D eigenvalue weighted by Gasteiger charge is 2.19. The normalized spacial score (nSPS) is 12.8. The highest BCUT2D eigenvalue weighted by molar-refractivity contribution is 5.71. The molecule has 0 saturated heterocycles. The van der Waals surface area contributed by atoms with Gasteiger partial charge >= 0.3 is 17.9 Å². The van der Waals surface area contributed by atoms with Crippen molar-refractivity contribution in [3.63, 3.8) is 0 Å². The van der Waals surface area contributed by atoms with Crippen LogP contribution in [0, 0.1) is 0 Å². The Morgan fingerprint density at radius 2 is 0.487 bits per heavy atom. The van der Waals surface area contributed by atoms with E-state index >= 15 is 0 Å². The molecular formula is C74H126O6. The first kappa shape index (κ1) is 76.1. The fourth-order valence-electron chi connectivity index (χ4n) is 9.52. The molecule has 80 heavy (non-hydrogen) atoms. The van der Waals surface area contributed by atoms with E-state index in [2.05, 4.69) is 130 Å². The second-order valence-electron chi connectivity index (χ2n) is 22.3. The molecule has 0 aliphatic carbocycles. The molecule has 0 saturated carbocycles. The molecule has 1 atom stereocenters. The molecule has 0 rings (SSSR count). The summed E-state index contributed by atoms with van der Waals surface area (Å²) in [5.74, 6) is -0.884. The summed E-state index contributed by atoms with van der Waals surface area (Å²) >= 11 is 0. The molecule has 0 aliphatic heterocycles. The summed E-state index contributed by atoms with van der Waals surface area (Å²) in [6, 6.07) is 0. The van der Waals surface area contributed by atoms with Gasteiger partial charge < -0.3 is 14.2 Å². The first-order chi connectivity index (χ1) is 39.5. The molecule has 0 aromatic carbocycles. The molecule has 1 unspecified atom stereocenters. The Hall–Kier alpha value is -3.93. The predicted molar refractivity (Wildman–Crippen MR) is 348 cm³/mol. The van der Waals surface area contributed by atoms with E-state index in [1.54, 1.807) is 0 Å². The van der Waals surface area contributed by atoms with Crippen LogP contribution in [-0.2, 0) is 28.6 Å². The number of esters is 3. The molecule has 6 heteroatoms. The van der Waals surface area contributed by atoms with Crippen LogP contribution in [0.4, 0.5) is 0 Å². The third kappa shape index (κ3) is 64.9. The van der Waals surface area contributed by atoms with Gasteiger partial charge in [-0.3, -0.25) is 14.4 Å². The van der Waals surface area contributed by atoms with Crippen LogP contribution in [0.15, 0.2) is 109 Å². The summed E-state index contributed by atoms with van der Waals surface area (Å²) < 4.78 is 16.9. The van der Waals surface area contributed by atoms with Gasteiger partial charge in [0.2, 0.25) is 0 Å². The zero-order chi connectivity index (χ0) is 57.8. The van der Waals surface area contributed by atoms with Crippen molar-refractivity contribution in [2.75, 3.05) is 13.2 Å². The van der Waals surface area contributed by atoms with E-state index < -0.39 is 6.10 Å². The Balaban J connectivity index is 4.14. The summed E-state index contributed by atoms with van der Waals surface area (Å²) in [5, 5.41) is 0. The van der Waals surface area contributed by atoms with Gasteiger partial charge in [0.15, 0.2) is 6.10 Å². The monoisotopic (exact) mass is 1110 g/mol. The van der Waals surface area contributed by atoms with Crippen LogP contribution in [0.5, 0.6) is 0 Å². The highest BCUT2D eigenvalue weighted by Crippen LogP contribution is 2.17. The highest BCUT2D eigenvalue weighted by atomic mass is 16.6. The second kappa shape index (κ2) is 67.6. The van der Waals surface area contributed by atoms with E-state index in [1.165, 1.54) is 154 Å².